The van der Waals surface area contributed by atoms with E-state index in [9.17, 15) is 4.79 Å². The molecular weight excluding hydrogens is 278 g/mol. The highest BCUT2D eigenvalue weighted by atomic mass is 35.5. The van der Waals surface area contributed by atoms with Crippen LogP contribution in [0, 0.1) is 6.92 Å². The third-order valence-electron chi connectivity index (χ3n) is 2.66. The average Bonchev–Trinajstić information content (AvgIpc) is 2.78. The summed E-state index contributed by atoms with van der Waals surface area (Å²) >= 11 is 5.95. The Balaban J connectivity index is 1.94. The van der Waals surface area contributed by atoms with Gasteiger partial charge in [0.05, 0.1) is 10.7 Å². The topological polar surface area (TPSA) is 56.2 Å². The summed E-state index contributed by atoms with van der Waals surface area (Å²) in [5, 5.41) is 7.50. The first-order valence-electron chi connectivity index (χ1n) is 6.31. The maximum Gasteiger partial charge on any atom is 0.263 e. The molecule has 0 aliphatic carbocycles. The molecule has 5 nitrogen and oxygen atoms in total. The van der Waals surface area contributed by atoms with Crippen LogP contribution in [0.5, 0.6) is 5.75 Å². The van der Waals surface area contributed by atoms with Crippen LogP contribution in [0.1, 0.15) is 12.6 Å². The molecule has 1 N–H and O–H groups in total. The fourth-order valence-corrected chi connectivity index (χ4v) is 1.96. The van der Waals surface area contributed by atoms with E-state index in [-0.39, 0.29) is 12.5 Å². The summed E-state index contributed by atoms with van der Waals surface area (Å²) in [7, 11) is 0. The van der Waals surface area contributed by atoms with Crippen molar-refractivity contribution in [3.63, 3.8) is 0 Å². The highest BCUT2D eigenvalue weighted by Crippen LogP contribution is 2.22. The lowest BCUT2D eigenvalue weighted by atomic mass is 10.3. The highest BCUT2D eigenvalue weighted by molar-refractivity contribution is 6.32. The number of carbonyl (C=O) groups excluding carboxylic acids is 1. The zero-order chi connectivity index (χ0) is 14.5. The monoisotopic (exact) mass is 293 g/mol. The van der Waals surface area contributed by atoms with Crippen LogP contribution in [0.4, 0.5) is 5.82 Å². The number of carbonyl (C=O) groups is 1. The lowest BCUT2D eigenvalue weighted by Gasteiger charge is -2.09. The van der Waals surface area contributed by atoms with Crippen molar-refractivity contribution >= 4 is 23.3 Å². The van der Waals surface area contributed by atoms with Crippen molar-refractivity contribution in [3.8, 4) is 5.75 Å². The van der Waals surface area contributed by atoms with Crippen molar-refractivity contribution in [1.82, 2.24) is 9.78 Å². The lowest BCUT2D eigenvalue weighted by molar-refractivity contribution is -0.118. The normalized spacial score (nSPS) is 10.3. The summed E-state index contributed by atoms with van der Waals surface area (Å²) in [4.78, 5) is 11.9. The molecule has 0 aliphatic heterocycles. The van der Waals surface area contributed by atoms with Gasteiger partial charge in [0.1, 0.15) is 11.6 Å². The first-order valence-corrected chi connectivity index (χ1v) is 6.69. The first kappa shape index (κ1) is 14.4. The molecule has 0 radical (unpaired) electrons. The van der Waals surface area contributed by atoms with Gasteiger partial charge < -0.3 is 10.1 Å². The summed E-state index contributed by atoms with van der Waals surface area (Å²) in [6.45, 7) is 4.43. The van der Waals surface area contributed by atoms with Crippen molar-refractivity contribution < 1.29 is 9.53 Å². The molecule has 0 fully saturated rings. The maximum atomic E-state index is 11.9. The molecule has 0 saturated carbocycles. The summed E-state index contributed by atoms with van der Waals surface area (Å²) in [5.41, 5.74) is 0.856. The summed E-state index contributed by atoms with van der Waals surface area (Å²) in [6, 6.07) is 8.85. The minimum Gasteiger partial charge on any atom is -0.482 e. The molecule has 20 heavy (non-hydrogen) atoms. The number of nitrogens with zero attached hydrogens (tertiary/aromatic N) is 2. The van der Waals surface area contributed by atoms with Crippen molar-refractivity contribution in [3.05, 3.63) is 41.0 Å². The number of hydrogen-bond acceptors (Lipinski definition) is 3. The van der Waals surface area contributed by atoms with Gasteiger partial charge >= 0.3 is 0 Å². The zero-order valence-corrected chi connectivity index (χ0v) is 12.1. The average molecular weight is 294 g/mol. The zero-order valence-electron chi connectivity index (χ0n) is 11.4. The first-order chi connectivity index (χ1) is 9.60. The second kappa shape index (κ2) is 6.43. The van der Waals surface area contributed by atoms with E-state index in [1.54, 1.807) is 28.9 Å². The molecule has 0 atom stereocenters. The molecule has 1 amide bonds. The molecule has 1 heterocycles. The second-order valence-corrected chi connectivity index (χ2v) is 4.66. The predicted molar refractivity (Wildman–Crippen MR) is 78.2 cm³/mol. The van der Waals surface area contributed by atoms with Gasteiger partial charge in [-0.1, -0.05) is 23.7 Å². The molecule has 2 rings (SSSR count). The second-order valence-electron chi connectivity index (χ2n) is 4.25. The predicted octanol–water partition coefficient (Wildman–Crippen LogP) is 2.88. The Labute approximate surface area is 122 Å². The van der Waals surface area contributed by atoms with E-state index in [1.807, 2.05) is 19.9 Å². The maximum absolute atomic E-state index is 11.9. The van der Waals surface area contributed by atoms with E-state index < -0.39 is 0 Å². The third-order valence-corrected chi connectivity index (χ3v) is 2.98. The van der Waals surface area contributed by atoms with Gasteiger partial charge in [-0.3, -0.25) is 4.79 Å². The Bertz CT molecular complexity index is 610. The molecule has 1 aromatic heterocycles. The Hall–Kier alpha value is -2.01. The lowest BCUT2D eigenvalue weighted by Crippen LogP contribution is -2.22. The quantitative estimate of drug-likeness (QED) is 0.922. The van der Waals surface area contributed by atoms with Gasteiger partial charge in [-0.05, 0) is 26.0 Å². The van der Waals surface area contributed by atoms with Crippen LogP contribution in [0.3, 0.4) is 0 Å². The number of aryl methyl sites for hydroxylation is 2. The SMILES string of the molecule is CCn1nc(C)cc1NC(=O)COc1ccccc1Cl. The number of nitrogens with one attached hydrogen (secondary N) is 1. The van der Waals surface area contributed by atoms with E-state index in [1.165, 1.54) is 0 Å². The van der Waals surface area contributed by atoms with E-state index in [0.717, 1.165) is 5.69 Å². The standard InChI is InChI=1S/C14H16ClN3O2/c1-3-18-13(8-10(2)17-18)16-14(19)9-20-12-7-5-4-6-11(12)15/h4-8H,3,9H2,1-2H3,(H,16,19). The molecular formula is C14H16ClN3O2. The summed E-state index contributed by atoms with van der Waals surface area (Å²) in [5.74, 6) is 0.904. The molecule has 0 spiro atoms. The largest absolute Gasteiger partial charge is 0.482 e. The van der Waals surface area contributed by atoms with Gasteiger partial charge in [-0.2, -0.15) is 5.10 Å². The number of benzene rings is 1. The molecule has 0 saturated heterocycles. The molecule has 6 heteroatoms. The summed E-state index contributed by atoms with van der Waals surface area (Å²) in [6.07, 6.45) is 0. The van der Waals surface area contributed by atoms with Crippen LogP contribution < -0.4 is 10.1 Å². The van der Waals surface area contributed by atoms with E-state index in [2.05, 4.69) is 10.4 Å². The van der Waals surface area contributed by atoms with Crippen molar-refractivity contribution in [1.29, 1.82) is 0 Å². The van der Waals surface area contributed by atoms with E-state index >= 15 is 0 Å². The van der Waals surface area contributed by atoms with Crippen molar-refractivity contribution in [2.24, 2.45) is 0 Å². The van der Waals surface area contributed by atoms with Gasteiger partial charge in [-0.25, -0.2) is 4.68 Å². The number of hydrogen-bond donors (Lipinski definition) is 1. The van der Waals surface area contributed by atoms with Gasteiger partial charge in [-0.15, -0.1) is 0 Å². The molecule has 1 aromatic carbocycles. The van der Waals surface area contributed by atoms with Crippen LogP contribution in [-0.4, -0.2) is 22.3 Å². The van der Waals surface area contributed by atoms with E-state index in [0.29, 0.717) is 23.1 Å². The van der Waals surface area contributed by atoms with Crippen molar-refractivity contribution in [2.45, 2.75) is 20.4 Å². The van der Waals surface area contributed by atoms with Crippen LogP contribution in [0.15, 0.2) is 30.3 Å². The number of para-hydroxylation sites is 1. The number of amides is 1. The van der Waals surface area contributed by atoms with Gasteiger partial charge in [0.25, 0.3) is 5.91 Å². The molecule has 2 aromatic rings. The number of ether oxygens (including phenoxy) is 1. The van der Waals surface area contributed by atoms with E-state index in [4.69, 9.17) is 16.3 Å². The number of rotatable bonds is 5. The fourth-order valence-electron chi connectivity index (χ4n) is 1.77. The fraction of sp³-hybridized carbons (Fsp3) is 0.286. The Kier molecular flexibility index (Phi) is 4.63. The van der Waals surface area contributed by atoms with Crippen LogP contribution in [0.2, 0.25) is 5.02 Å². The number of halogens is 1. The number of anilines is 1. The van der Waals surface area contributed by atoms with Crippen LogP contribution in [0.25, 0.3) is 0 Å². The van der Waals surface area contributed by atoms with Gasteiger partial charge in [0.15, 0.2) is 6.61 Å². The van der Waals surface area contributed by atoms with Crippen LogP contribution >= 0.6 is 11.6 Å². The van der Waals surface area contributed by atoms with Crippen LogP contribution in [-0.2, 0) is 11.3 Å². The van der Waals surface area contributed by atoms with Crippen molar-refractivity contribution in [2.75, 3.05) is 11.9 Å². The third kappa shape index (κ3) is 3.51. The van der Waals surface area contributed by atoms with Gasteiger partial charge in [0, 0.05) is 12.6 Å². The Morgan fingerprint density at radius 2 is 2.20 bits per heavy atom. The summed E-state index contributed by atoms with van der Waals surface area (Å²) < 4.78 is 7.10. The molecule has 0 bridgehead atoms. The smallest absolute Gasteiger partial charge is 0.263 e. The highest BCUT2D eigenvalue weighted by Gasteiger charge is 2.09. The molecule has 106 valence electrons. The Morgan fingerprint density at radius 1 is 1.45 bits per heavy atom. The minimum absolute atomic E-state index is 0.0995. The Morgan fingerprint density at radius 3 is 2.90 bits per heavy atom. The van der Waals surface area contributed by atoms with Gasteiger partial charge in [0.2, 0.25) is 0 Å². The minimum atomic E-state index is -0.250. The molecule has 0 aliphatic rings. The number of aromatic nitrogens is 2. The molecule has 0 unspecified atom stereocenters.